The monoisotopic (exact) mass is 238 g/mol. The lowest BCUT2D eigenvalue weighted by Gasteiger charge is -2.14. The van der Waals surface area contributed by atoms with Crippen molar-refractivity contribution < 1.29 is 9.47 Å². The van der Waals surface area contributed by atoms with Crippen molar-refractivity contribution in [2.45, 2.75) is 13.3 Å². The summed E-state index contributed by atoms with van der Waals surface area (Å²) in [6.07, 6.45) is 1.07. The third-order valence-electron chi connectivity index (χ3n) is 2.64. The van der Waals surface area contributed by atoms with Gasteiger partial charge in [0.2, 0.25) is 0 Å². The van der Waals surface area contributed by atoms with Crippen LogP contribution in [0.2, 0.25) is 0 Å². The molecule has 0 fully saturated rings. The van der Waals surface area contributed by atoms with E-state index < -0.39 is 0 Å². The van der Waals surface area contributed by atoms with E-state index in [9.17, 15) is 0 Å². The Kier molecular flexibility index (Phi) is 5.63. The number of hydrogen-bond donors (Lipinski definition) is 2. The molecular formula is C13H22N2O2. The molecule has 4 nitrogen and oxygen atoms in total. The van der Waals surface area contributed by atoms with Gasteiger partial charge in [-0.05, 0) is 38.6 Å². The molecule has 1 rings (SSSR count). The predicted molar refractivity (Wildman–Crippen MR) is 71.3 cm³/mol. The predicted octanol–water partition coefficient (Wildman–Crippen LogP) is 2.03. The van der Waals surface area contributed by atoms with E-state index in [0.717, 1.165) is 42.3 Å². The lowest BCUT2D eigenvalue weighted by atomic mass is 10.2. The van der Waals surface area contributed by atoms with Gasteiger partial charge in [-0.3, -0.25) is 0 Å². The third-order valence-corrected chi connectivity index (χ3v) is 2.64. The van der Waals surface area contributed by atoms with Crippen LogP contribution >= 0.6 is 0 Å². The normalized spacial score (nSPS) is 10.1. The summed E-state index contributed by atoms with van der Waals surface area (Å²) in [5.74, 6) is 1.73. The van der Waals surface area contributed by atoms with Crippen LogP contribution in [0.15, 0.2) is 12.1 Å². The number of hydrogen-bond acceptors (Lipinski definition) is 4. The first-order chi connectivity index (χ1) is 8.22. The molecule has 0 saturated heterocycles. The van der Waals surface area contributed by atoms with Gasteiger partial charge in [-0.2, -0.15) is 0 Å². The average Bonchev–Trinajstić information content (AvgIpc) is 2.35. The van der Waals surface area contributed by atoms with Crippen LogP contribution in [0.1, 0.15) is 12.0 Å². The van der Waals surface area contributed by atoms with E-state index in [-0.39, 0.29) is 0 Å². The molecule has 0 aromatic heterocycles. The Balaban J connectivity index is 2.74. The fourth-order valence-corrected chi connectivity index (χ4v) is 1.68. The van der Waals surface area contributed by atoms with Crippen molar-refractivity contribution in [3.05, 3.63) is 17.7 Å². The van der Waals surface area contributed by atoms with Crippen molar-refractivity contribution in [2.24, 2.45) is 0 Å². The summed E-state index contributed by atoms with van der Waals surface area (Å²) in [7, 11) is 5.31. The lowest BCUT2D eigenvalue weighted by Crippen LogP contribution is -2.13. The molecule has 0 aliphatic rings. The highest BCUT2D eigenvalue weighted by Gasteiger charge is 2.07. The van der Waals surface area contributed by atoms with Gasteiger partial charge in [0.05, 0.1) is 19.9 Å². The first-order valence-corrected chi connectivity index (χ1v) is 5.84. The third kappa shape index (κ3) is 3.82. The Labute approximate surface area is 103 Å². The van der Waals surface area contributed by atoms with Crippen LogP contribution in [0.3, 0.4) is 0 Å². The van der Waals surface area contributed by atoms with Gasteiger partial charge in [0.15, 0.2) is 0 Å². The number of rotatable bonds is 7. The highest BCUT2D eigenvalue weighted by molar-refractivity contribution is 5.62. The molecule has 0 spiro atoms. The summed E-state index contributed by atoms with van der Waals surface area (Å²) in [6, 6.07) is 3.97. The van der Waals surface area contributed by atoms with Crippen molar-refractivity contribution in [2.75, 3.05) is 39.7 Å². The maximum absolute atomic E-state index is 5.35. The molecule has 0 radical (unpaired) electrons. The Morgan fingerprint density at radius 1 is 1.06 bits per heavy atom. The molecule has 0 saturated carbocycles. The highest BCUT2D eigenvalue weighted by Crippen LogP contribution is 2.32. The smallest absolute Gasteiger partial charge is 0.142 e. The van der Waals surface area contributed by atoms with Crippen LogP contribution in [-0.4, -0.2) is 34.4 Å². The molecule has 0 atom stereocenters. The van der Waals surface area contributed by atoms with E-state index in [1.165, 1.54) is 0 Å². The van der Waals surface area contributed by atoms with Crippen molar-refractivity contribution in [3.63, 3.8) is 0 Å². The van der Waals surface area contributed by atoms with E-state index in [4.69, 9.17) is 9.47 Å². The summed E-state index contributed by atoms with van der Waals surface area (Å²) in [6.45, 7) is 3.91. The van der Waals surface area contributed by atoms with Gasteiger partial charge in [-0.25, -0.2) is 0 Å². The zero-order chi connectivity index (χ0) is 12.7. The zero-order valence-electron chi connectivity index (χ0n) is 11.1. The maximum Gasteiger partial charge on any atom is 0.142 e. The Morgan fingerprint density at radius 3 is 2.35 bits per heavy atom. The minimum Gasteiger partial charge on any atom is -0.496 e. The number of aryl methyl sites for hydroxylation is 1. The molecule has 17 heavy (non-hydrogen) atoms. The van der Waals surface area contributed by atoms with Crippen LogP contribution < -0.4 is 20.1 Å². The second kappa shape index (κ2) is 7.01. The van der Waals surface area contributed by atoms with E-state index in [2.05, 4.69) is 10.6 Å². The van der Waals surface area contributed by atoms with Crippen LogP contribution in [0.4, 0.5) is 5.69 Å². The van der Waals surface area contributed by atoms with Gasteiger partial charge >= 0.3 is 0 Å². The molecule has 0 aliphatic carbocycles. The number of anilines is 1. The van der Waals surface area contributed by atoms with Gasteiger partial charge in [-0.1, -0.05) is 0 Å². The van der Waals surface area contributed by atoms with Gasteiger partial charge in [0.1, 0.15) is 11.5 Å². The number of benzene rings is 1. The Bertz CT molecular complexity index is 354. The molecule has 0 aliphatic heterocycles. The molecule has 96 valence electrons. The van der Waals surface area contributed by atoms with E-state index in [0.29, 0.717) is 0 Å². The molecule has 0 bridgehead atoms. The summed E-state index contributed by atoms with van der Waals surface area (Å²) >= 11 is 0. The van der Waals surface area contributed by atoms with Crippen LogP contribution in [-0.2, 0) is 0 Å². The Hall–Kier alpha value is -1.42. The standard InChI is InChI=1S/C13H22N2O2/c1-10-8-13(17-4)11(9-12(10)16-3)15-7-5-6-14-2/h8-9,14-15H,5-7H2,1-4H3. The summed E-state index contributed by atoms with van der Waals surface area (Å²) in [4.78, 5) is 0. The second-order valence-electron chi connectivity index (χ2n) is 3.91. The Morgan fingerprint density at radius 2 is 1.76 bits per heavy atom. The van der Waals surface area contributed by atoms with Gasteiger partial charge in [0.25, 0.3) is 0 Å². The maximum atomic E-state index is 5.35. The van der Waals surface area contributed by atoms with Crippen LogP contribution in [0.25, 0.3) is 0 Å². The number of ether oxygens (including phenoxy) is 2. The van der Waals surface area contributed by atoms with E-state index in [1.807, 2.05) is 26.1 Å². The van der Waals surface area contributed by atoms with E-state index in [1.54, 1.807) is 14.2 Å². The molecule has 1 aromatic rings. The molecule has 1 aromatic carbocycles. The summed E-state index contributed by atoms with van der Waals surface area (Å²) in [5.41, 5.74) is 2.05. The van der Waals surface area contributed by atoms with Crippen LogP contribution in [0.5, 0.6) is 11.5 Å². The quantitative estimate of drug-likeness (QED) is 0.713. The summed E-state index contributed by atoms with van der Waals surface area (Å²) < 4.78 is 10.7. The molecule has 4 heteroatoms. The lowest BCUT2D eigenvalue weighted by molar-refractivity contribution is 0.402. The second-order valence-corrected chi connectivity index (χ2v) is 3.91. The molecule has 2 N–H and O–H groups in total. The van der Waals surface area contributed by atoms with Crippen molar-refractivity contribution in [1.82, 2.24) is 5.32 Å². The minimum atomic E-state index is 0.854. The largest absolute Gasteiger partial charge is 0.496 e. The average molecular weight is 238 g/mol. The zero-order valence-corrected chi connectivity index (χ0v) is 11.1. The minimum absolute atomic E-state index is 0.854. The van der Waals surface area contributed by atoms with Gasteiger partial charge in [-0.15, -0.1) is 0 Å². The van der Waals surface area contributed by atoms with E-state index >= 15 is 0 Å². The fraction of sp³-hybridized carbons (Fsp3) is 0.538. The first-order valence-electron chi connectivity index (χ1n) is 5.84. The first kappa shape index (κ1) is 13.6. The van der Waals surface area contributed by atoms with Crippen molar-refractivity contribution >= 4 is 5.69 Å². The SMILES string of the molecule is CNCCCNc1cc(OC)c(C)cc1OC. The number of methoxy groups -OCH3 is 2. The highest BCUT2D eigenvalue weighted by atomic mass is 16.5. The van der Waals surface area contributed by atoms with Gasteiger partial charge < -0.3 is 20.1 Å². The van der Waals surface area contributed by atoms with Crippen molar-refractivity contribution in [3.8, 4) is 11.5 Å². The van der Waals surface area contributed by atoms with Gasteiger partial charge in [0, 0.05) is 12.6 Å². The molecule has 0 heterocycles. The molecule has 0 amide bonds. The molecular weight excluding hydrogens is 216 g/mol. The fourth-order valence-electron chi connectivity index (χ4n) is 1.68. The number of nitrogens with one attached hydrogen (secondary N) is 2. The van der Waals surface area contributed by atoms with Crippen molar-refractivity contribution in [1.29, 1.82) is 0 Å². The van der Waals surface area contributed by atoms with Crippen LogP contribution in [0, 0.1) is 6.92 Å². The molecule has 0 unspecified atom stereocenters. The topological polar surface area (TPSA) is 42.5 Å². The summed E-state index contributed by atoms with van der Waals surface area (Å²) in [5, 5.41) is 6.47.